The number of aryl methyl sites for hydroxylation is 1. The van der Waals surface area contributed by atoms with Gasteiger partial charge in [0.15, 0.2) is 11.5 Å². The van der Waals surface area contributed by atoms with Gasteiger partial charge in [0, 0.05) is 25.4 Å². The van der Waals surface area contributed by atoms with Crippen LogP contribution in [0.5, 0.6) is 11.5 Å². The molecule has 1 atom stereocenters. The topological polar surface area (TPSA) is 67.9 Å². The quantitative estimate of drug-likeness (QED) is 0.471. The Kier molecular flexibility index (Phi) is 8.03. The Morgan fingerprint density at radius 1 is 0.857 bits per heavy atom. The SMILES string of the molecule is CC(C)NC(=O)C(Cc1ccccc1)N(Cc1ccccc1)C(=O)CCc1ccc2c(c1)OCO2. The van der Waals surface area contributed by atoms with E-state index in [4.69, 9.17) is 9.47 Å². The Morgan fingerprint density at radius 2 is 1.51 bits per heavy atom. The maximum absolute atomic E-state index is 13.7. The van der Waals surface area contributed by atoms with E-state index in [1.54, 1.807) is 4.90 Å². The third-order valence-corrected chi connectivity index (χ3v) is 5.96. The molecule has 2 amide bonds. The summed E-state index contributed by atoms with van der Waals surface area (Å²) >= 11 is 0. The van der Waals surface area contributed by atoms with Gasteiger partial charge < -0.3 is 19.7 Å². The van der Waals surface area contributed by atoms with Crippen LogP contribution in [0.25, 0.3) is 0 Å². The Bertz CT molecular complexity index is 1130. The van der Waals surface area contributed by atoms with Gasteiger partial charge in [-0.05, 0) is 49.1 Å². The van der Waals surface area contributed by atoms with Crippen LogP contribution in [0.3, 0.4) is 0 Å². The molecule has 4 rings (SSSR count). The van der Waals surface area contributed by atoms with Gasteiger partial charge in [-0.15, -0.1) is 0 Å². The van der Waals surface area contributed by atoms with Crippen LogP contribution in [0, 0.1) is 0 Å². The lowest BCUT2D eigenvalue weighted by Gasteiger charge is -2.32. The Balaban J connectivity index is 1.57. The predicted octanol–water partition coefficient (Wildman–Crippen LogP) is 4.51. The number of amides is 2. The molecule has 0 saturated carbocycles. The van der Waals surface area contributed by atoms with Gasteiger partial charge in [-0.3, -0.25) is 9.59 Å². The van der Waals surface area contributed by atoms with E-state index in [-0.39, 0.29) is 31.1 Å². The molecule has 3 aromatic carbocycles. The van der Waals surface area contributed by atoms with Crippen molar-refractivity contribution in [3.8, 4) is 11.5 Å². The summed E-state index contributed by atoms with van der Waals surface area (Å²) in [5.41, 5.74) is 2.99. The fourth-order valence-corrected chi connectivity index (χ4v) is 4.21. The van der Waals surface area contributed by atoms with Crippen LogP contribution in [-0.4, -0.2) is 35.6 Å². The molecule has 1 heterocycles. The predicted molar refractivity (Wildman–Crippen MR) is 135 cm³/mol. The number of carbonyl (C=O) groups excluding carboxylic acids is 2. The summed E-state index contributed by atoms with van der Waals surface area (Å²) in [4.78, 5) is 28.8. The highest BCUT2D eigenvalue weighted by molar-refractivity contribution is 5.88. The van der Waals surface area contributed by atoms with Gasteiger partial charge in [-0.1, -0.05) is 66.7 Å². The van der Waals surface area contributed by atoms with Crippen LogP contribution in [0.2, 0.25) is 0 Å². The maximum atomic E-state index is 13.7. The largest absolute Gasteiger partial charge is 0.454 e. The van der Waals surface area contributed by atoms with Crippen molar-refractivity contribution in [3.63, 3.8) is 0 Å². The summed E-state index contributed by atoms with van der Waals surface area (Å²) in [7, 11) is 0. The first kappa shape index (κ1) is 24.3. The highest BCUT2D eigenvalue weighted by Crippen LogP contribution is 2.32. The number of hydrogen-bond donors (Lipinski definition) is 1. The summed E-state index contributed by atoms with van der Waals surface area (Å²) in [6.45, 7) is 4.44. The molecule has 0 aliphatic carbocycles. The molecule has 6 heteroatoms. The zero-order valence-corrected chi connectivity index (χ0v) is 20.3. The Labute approximate surface area is 206 Å². The van der Waals surface area contributed by atoms with Crippen molar-refractivity contribution in [3.05, 3.63) is 95.6 Å². The molecule has 182 valence electrons. The minimum absolute atomic E-state index is 0.0249. The molecule has 1 aliphatic rings. The van der Waals surface area contributed by atoms with E-state index >= 15 is 0 Å². The molecule has 1 aliphatic heterocycles. The van der Waals surface area contributed by atoms with Gasteiger partial charge in [0.05, 0.1) is 0 Å². The summed E-state index contributed by atoms with van der Waals surface area (Å²) in [6.07, 6.45) is 1.28. The van der Waals surface area contributed by atoms with Gasteiger partial charge in [-0.25, -0.2) is 0 Å². The number of fused-ring (bicyclic) bond motifs is 1. The molecule has 35 heavy (non-hydrogen) atoms. The molecule has 0 radical (unpaired) electrons. The first-order valence-corrected chi connectivity index (χ1v) is 12.1. The lowest BCUT2D eigenvalue weighted by molar-refractivity contribution is -0.141. The van der Waals surface area contributed by atoms with Crippen LogP contribution in [0.15, 0.2) is 78.9 Å². The summed E-state index contributed by atoms with van der Waals surface area (Å²) in [6, 6.07) is 24.8. The number of nitrogens with zero attached hydrogens (tertiary/aromatic N) is 1. The third kappa shape index (κ3) is 6.63. The lowest BCUT2D eigenvalue weighted by atomic mass is 10.0. The van der Waals surface area contributed by atoms with E-state index in [1.165, 1.54) is 0 Å². The maximum Gasteiger partial charge on any atom is 0.243 e. The van der Waals surface area contributed by atoms with Crippen molar-refractivity contribution in [1.82, 2.24) is 10.2 Å². The second-order valence-corrected chi connectivity index (χ2v) is 9.06. The second kappa shape index (κ2) is 11.6. The Morgan fingerprint density at radius 3 is 2.20 bits per heavy atom. The van der Waals surface area contributed by atoms with E-state index in [9.17, 15) is 9.59 Å². The smallest absolute Gasteiger partial charge is 0.243 e. The average molecular weight is 473 g/mol. The molecule has 1 N–H and O–H groups in total. The molecule has 0 saturated heterocycles. The van der Waals surface area contributed by atoms with Crippen molar-refractivity contribution in [2.24, 2.45) is 0 Å². The highest BCUT2D eigenvalue weighted by atomic mass is 16.7. The van der Waals surface area contributed by atoms with Gasteiger partial charge in [0.25, 0.3) is 0 Å². The van der Waals surface area contributed by atoms with Crippen molar-refractivity contribution in [1.29, 1.82) is 0 Å². The fraction of sp³-hybridized carbons (Fsp3) is 0.310. The van der Waals surface area contributed by atoms with Crippen LogP contribution in [-0.2, 0) is 29.0 Å². The van der Waals surface area contributed by atoms with E-state index in [0.717, 1.165) is 22.4 Å². The molecule has 0 bridgehead atoms. The molecule has 3 aromatic rings. The van der Waals surface area contributed by atoms with Crippen LogP contribution in [0.1, 0.15) is 37.0 Å². The van der Waals surface area contributed by atoms with Crippen LogP contribution >= 0.6 is 0 Å². The van der Waals surface area contributed by atoms with E-state index in [1.807, 2.05) is 92.7 Å². The average Bonchev–Trinajstić information content (AvgIpc) is 3.33. The molecule has 0 fully saturated rings. The molecular weight excluding hydrogens is 440 g/mol. The first-order valence-electron chi connectivity index (χ1n) is 12.1. The van der Waals surface area contributed by atoms with Crippen LogP contribution < -0.4 is 14.8 Å². The number of hydrogen-bond acceptors (Lipinski definition) is 4. The summed E-state index contributed by atoms with van der Waals surface area (Å²) < 4.78 is 10.9. The van der Waals surface area contributed by atoms with Crippen molar-refractivity contribution in [2.45, 2.75) is 51.7 Å². The van der Waals surface area contributed by atoms with Crippen molar-refractivity contribution >= 4 is 11.8 Å². The lowest BCUT2D eigenvalue weighted by Crippen LogP contribution is -2.51. The fourth-order valence-electron chi connectivity index (χ4n) is 4.21. The van der Waals surface area contributed by atoms with Crippen LogP contribution in [0.4, 0.5) is 0 Å². The highest BCUT2D eigenvalue weighted by Gasteiger charge is 2.30. The minimum atomic E-state index is -0.621. The number of benzene rings is 3. The van der Waals surface area contributed by atoms with E-state index in [2.05, 4.69) is 5.32 Å². The third-order valence-electron chi connectivity index (χ3n) is 5.96. The zero-order valence-electron chi connectivity index (χ0n) is 20.3. The molecule has 0 spiro atoms. The second-order valence-electron chi connectivity index (χ2n) is 9.06. The van der Waals surface area contributed by atoms with Crippen molar-refractivity contribution < 1.29 is 19.1 Å². The van der Waals surface area contributed by atoms with E-state index < -0.39 is 6.04 Å². The standard InChI is InChI=1S/C29H32N2O4/c1-21(2)30-29(33)25(17-22-9-5-3-6-10-22)31(19-24-11-7-4-8-12-24)28(32)16-14-23-13-15-26-27(18-23)35-20-34-26/h3-13,15,18,21,25H,14,16-17,19-20H2,1-2H3,(H,30,33). The van der Waals surface area contributed by atoms with E-state index in [0.29, 0.717) is 25.1 Å². The molecule has 0 aromatic heterocycles. The van der Waals surface area contributed by atoms with Gasteiger partial charge in [0.1, 0.15) is 6.04 Å². The van der Waals surface area contributed by atoms with Gasteiger partial charge >= 0.3 is 0 Å². The first-order chi connectivity index (χ1) is 17.0. The number of ether oxygens (including phenoxy) is 2. The monoisotopic (exact) mass is 472 g/mol. The minimum Gasteiger partial charge on any atom is -0.454 e. The molecular formula is C29H32N2O4. The molecule has 1 unspecified atom stereocenters. The number of rotatable bonds is 10. The normalized spacial score (nSPS) is 12.9. The summed E-state index contributed by atoms with van der Waals surface area (Å²) in [5, 5.41) is 3.02. The number of carbonyl (C=O) groups is 2. The summed E-state index contributed by atoms with van der Waals surface area (Å²) in [5.74, 6) is 1.22. The van der Waals surface area contributed by atoms with Gasteiger partial charge in [-0.2, -0.15) is 0 Å². The molecule has 6 nitrogen and oxygen atoms in total. The van der Waals surface area contributed by atoms with Crippen molar-refractivity contribution in [2.75, 3.05) is 6.79 Å². The Hall–Kier alpha value is -3.80. The van der Waals surface area contributed by atoms with Gasteiger partial charge in [0.2, 0.25) is 18.6 Å². The number of nitrogens with one attached hydrogen (secondary N) is 1. The zero-order chi connectivity index (χ0) is 24.6.